The molecule has 2 aromatic rings. The Morgan fingerprint density at radius 2 is 2.38 bits per heavy atom. The molecule has 0 radical (unpaired) electrons. The van der Waals surface area contributed by atoms with Gasteiger partial charge in [-0.3, -0.25) is 4.79 Å². The van der Waals surface area contributed by atoms with E-state index in [1.807, 2.05) is 16.7 Å². The Morgan fingerprint density at radius 3 is 3.19 bits per heavy atom. The summed E-state index contributed by atoms with van der Waals surface area (Å²) in [6.07, 6.45) is 4.52. The Morgan fingerprint density at radius 1 is 1.50 bits per heavy atom. The van der Waals surface area contributed by atoms with Gasteiger partial charge in [0, 0.05) is 25.4 Å². The van der Waals surface area contributed by atoms with Gasteiger partial charge in [-0.25, -0.2) is 9.97 Å². The summed E-state index contributed by atoms with van der Waals surface area (Å²) >= 11 is 1.37. The summed E-state index contributed by atoms with van der Waals surface area (Å²) in [5, 5.41) is 0.175. The number of carbonyl (C=O) groups excluding carboxylic acids is 1. The highest BCUT2D eigenvalue weighted by Gasteiger charge is 2.02. The zero-order valence-electron chi connectivity index (χ0n) is 9.09. The molecule has 5 heteroatoms. The highest BCUT2D eigenvalue weighted by atomic mass is 32.2. The molecule has 0 aliphatic carbocycles. The molecule has 0 aliphatic rings. The van der Waals surface area contributed by atoms with Crippen LogP contribution in [0.2, 0.25) is 0 Å². The van der Waals surface area contributed by atoms with Crippen LogP contribution in [0.4, 0.5) is 0 Å². The van der Waals surface area contributed by atoms with Gasteiger partial charge in [-0.05, 0) is 18.6 Å². The van der Waals surface area contributed by atoms with Crippen molar-refractivity contribution in [2.24, 2.45) is 0 Å². The van der Waals surface area contributed by atoms with Gasteiger partial charge in [0.2, 0.25) is 0 Å². The lowest BCUT2D eigenvalue weighted by atomic mass is 10.4. The lowest BCUT2D eigenvalue weighted by Crippen LogP contribution is -1.99. The molecule has 0 amide bonds. The number of nitrogens with zero attached hydrogens (tertiary/aromatic N) is 3. The molecule has 2 heterocycles. The zero-order valence-corrected chi connectivity index (χ0v) is 9.91. The smallest absolute Gasteiger partial charge is 0.185 e. The highest BCUT2D eigenvalue weighted by Crippen LogP contribution is 2.10. The fourth-order valence-electron chi connectivity index (χ4n) is 1.51. The van der Waals surface area contributed by atoms with E-state index in [0.29, 0.717) is 0 Å². The minimum atomic E-state index is 0.175. The van der Waals surface area contributed by atoms with E-state index >= 15 is 0 Å². The minimum absolute atomic E-state index is 0.175. The Labute approximate surface area is 98.1 Å². The van der Waals surface area contributed by atoms with Crippen LogP contribution in [0.3, 0.4) is 0 Å². The Bertz CT molecular complexity index is 495. The van der Waals surface area contributed by atoms with E-state index in [4.69, 9.17) is 0 Å². The van der Waals surface area contributed by atoms with E-state index < -0.39 is 0 Å². The van der Waals surface area contributed by atoms with Gasteiger partial charge >= 0.3 is 0 Å². The zero-order chi connectivity index (χ0) is 11.4. The predicted molar refractivity (Wildman–Crippen MR) is 65.3 cm³/mol. The van der Waals surface area contributed by atoms with Crippen LogP contribution in [0.15, 0.2) is 24.7 Å². The summed E-state index contributed by atoms with van der Waals surface area (Å²) in [5.41, 5.74) is 1.83. The van der Waals surface area contributed by atoms with Crippen molar-refractivity contribution in [1.29, 1.82) is 0 Å². The summed E-state index contributed by atoms with van der Waals surface area (Å²) in [6.45, 7) is 2.45. The maximum Gasteiger partial charge on any atom is 0.185 e. The number of rotatable bonds is 4. The summed E-state index contributed by atoms with van der Waals surface area (Å²) in [6, 6.07) is 3.83. The summed E-state index contributed by atoms with van der Waals surface area (Å²) in [4.78, 5) is 19.3. The summed E-state index contributed by atoms with van der Waals surface area (Å²) in [7, 11) is 0. The van der Waals surface area contributed by atoms with E-state index in [2.05, 4.69) is 9.97 Å². The number of aromatic nitrogens is 3. The van der Waals surface area contributed by atoms with Gasteiger partial charge in [-0.1, -0.05) is 11.8 Å². The SMILES string of the molecule is CC(=O)SCCCn1cnc2cccnc21. The average molecular weight is 235 g/mol. The fourth-order valence-corrected chi connectivity index (χ4v) is 2.07. The molecule has 2 aromatic heterocycles. The van der Waals surface area contributed by atoms with Crippen LogP contribution in [-0.4, -0.2) is 25.4 Å². The third-order valence-corrected chi connectivity index (χ3v) is 3.12. The van der Waals surface area contributed by atoms with Crippen molar-refractivity contribution in [2.45, 2.75) is 19.9 Å². The van der Waals surface area contributed by atoms with Crippen LogP contribution in [0.5, 0.6) is 0 Å². The van der Waals surface area contributed by atoms with Crippen LogP contribution < -0.4 is 0 Å². The molecule has 0 saturated heterocycles. The third-order valence-electron chi connectivity index (χ3n) is 2.22. The first-order chi connectivity index (χ1) is 7.77. The molecule has 0 N–H and O–H groups in total. The first kappa shape index (κ1) is 11.1. The minimum Gasteiger partial charge on any atom is -0.315 e. The fraction of sp³-hybridized carbons (Fsp3) is 0.364. The van der Waals surface area contributed by atoms with Crippen LogP contribution in [0.1, 0.15) is 13.3 Å². The van der Waals surface area contributed by atoms with Crippen molar-refractivity contribution < 1.29 is 4.79 Å². The molecule has 0 saturated carbocycles. The summed E-state index contributed by atoms with van der Waals surface area (Å²) in [5.74, 6) is 0.849. The topological polar surface area (TPSA) is 47.8 Å². The molecular weight excluding hydrogens is 222 g/mol. The Kier molecular flexibility index (Phi) is 3.56. The van der Waals surface area contributed by atoms with E-state index in [0.717, 1.165) is 29.9 Å². The van der Waals surface area contributed by atoms with E-state index in [1.165, 1.54) is 11.8 Å². The number of hydrogen-bond donors (Lipinski definition) is 0. The molecule has 0 unspecified atom stereocenters. The molecule has 16 heavy (non-hydrogen) atoms. The lowest BCUT2D eigenvalue weighted by Gasteiger charge is -2.01. The largest absolute Gasteiger partial charge is 0.315 e. The molecule has 0 fully saturated rings. The molecule has 0 bridgehead atoms. The van der Waals surface area contributed by atoms with Gasteiger partial charge in [-0.15, -0.1) is 0 Å². The molecule has 2 rings (SSSR count). The van der Waals surface area contributed by atoms with Crippen molar-refractivity contribution >= 4 is 28.0 Å². The van der Waals surface area contributed by atoms with Gasteiger partial charge in [0.15, 0.2) is 10.8 Å². The van der Waals surface area contributed by atoms with Gasteiger partial charge < -0.3 is 4.57 Å². The van der Waals surface area contributed by atoms with Crippen LogP contribution >= 0.6 is 11.8 Å². The Balaban J connectivity index is 1.97. The monoisotopic (exact) mass is 235 g/mol. The maximum absolute atomic E-state index is 10.7. The second kappa shape index (κ2) is 5.12. The van der Waals surface area contributed by atoms with Gasteiger partial charge in [-0.2, -0.15) is 0 Å². The van der Waals surface area contributed by atoms with Crippen LogP contribution in [0, 0.1) is 0 Å². The van der Waals surface area contributed by atoms with Gasteiger partial charge in [0.1, 0.15) is 5.52 Å². The number of imidazole rings is 1. The van der Waals surface area contributed by atoms with Crippen molar-refractivity contribution in [3.05, 3.63) is 24.7 Å². The molecule has 84 valence electrons. The number of pyridine rings is 1. The van der Waals surface area contributed by atoms with Crippen molar-refractivity contribution in [1.82, 2.24) is 14.5 Å². The first-order valence-corrected chi connectivity index (χ1v) is 6.15. The number of carbonyl (C=O) groups is 1. The number of hydrogen-bond acceptors (Lipinski definition) is 4. The lowest BCUT2D eigenvalue weighted by molar-refractivity contribution is -0.109. The van der Waals surface area contributed by atoms with E-state index in [1.54, 1.807) is 19.4 Å². The second-order valence-electron chi connectivity index (χ2n) is 3.48. The molecule has 0 aliphatic heterocycles. The van der Waals surface area contributed by atoms with Crippen LogP contribution in [-0.2, 0) is 11.3 Å². The molecule has 4 nitrogen and oxygen atoms in total. The third kappa shape index (κ3) is 2.61. The summed E-state index contributed by atoms with van der Waals surface area (Å²) < 4.78 is 2.02. The number of fused-ring (bicyclic) bond motifs is 1. The molecular formula is C11H13N3OS. The standard InChI is InChI=1S/C11H13N3OS/c1-9(15)16-7-3-6-14-8-13-10-4-2-5-12-11(10)14/h2,4-5,8H,3,6-7H2,1H3. The Hall–Kier alpha value is -1.36. The average Bonchev–Trinajstić information content (AvgIpc) is 2.68. The normalized spacial score (nSPS) is 10.8. The quantitative estimate of drug-likeness (QED) is 0.761. The number of thioether (sulfide) groups is 1. The van der Waals surface area contributed by atoms with E-state index in [9.17, 15) is 4.79 Å². The molecule has 0 aromatic carbocycles. The van der Waals surface area contributed by atoms with Crippen molar-refractivity contribution in [2.75, 3.05) is 5.75 Å². The van der Waals surface area contributed by atoms with Crippen molar-refractivity contribution in [3.8, 4) is 0 Å². The second-order valence-corrected chi connectivity index (χ2v) is 4.75. The predicted octanol–water partition coefficient (Wildman–Crippen LogP) is 2.10. The van der Waals surface area contributed by atoms with Gasteiger partial charge in [0.25, 0.3) is 0 Å². The number of aryl methyl sites for hydroxylation is 1. The van der Waals surface area contributed by atoms with Gasteiger partial charge in [0.05, 0.1) is 6.33 Å². The van der Waals surface area contributed by atoms with Crippen LogP contribution in [0.25, 0.3) is 11.2 Å². The van der Waals surface area contributed by atoms with E-state index in [-0.39, 0.29) is 5.12 Å². The molecule has 0 spiro atoms. The molecule has 0 atom stereocenters. The highest BCUT2D eigenvalue weighted by molar-refractivity contribution is 8.13. The van der Waals surface area contributed by atoms with Crippen molar-refractivity contribution in [3.63, 3.8) is 0 Å². The maximum atomic E-state index is 10.7. The first-order valence-electron chi connectivity index (χ1n) is 5.16.